The van der Waals surface area contributed by atoms with Crippen molar-refractivity contribution in [3.63, 3.8) is 0 Å². The van der Waals surface area contributed by atoms with Gasteiger partial charge in [0.15, 0.2) is 5.82 Å². The van der Waals surface area contributed by atoms with Crippen molar-refractivity contribution in [3.8, 4) is 0 Å². The van der Waals surface area contributed by atoms with Gasteiger partial charge in [-0.2, -0.15) is 0 Å². The summed E-state index contributed by atoms with van der Waals surface area (Å²) in [5, 5.41) is 6.53. The van der Waals surface area contributed by atoms with Crippen LogP contribution in [0.4, 0.5) is 17.3 Å². The van der Waals surface area contributed by atoms with Crippen LogP contribution in [0.5, 0.6) is 0 Å². The smallest absolute Gasteiger partial charge is 0.160 e. The van der Waals surface area contributed by atoms with Crippen LogP contribution in [0.3, 0.4) is 0 Å². The van der Waals surface area contributed by atoms with Crippen LogP contribution in [0.15, 0.2) is 48.8 Å². The summed E-state index contributed by atoms with van der Waals surface area (Å²) in [4.78, 5) is 13.2. The Bertz CT molecular complexity index is 744. The SMILES string of the molecule is NCCCNc1ccc2ncnc(Nc3ccccc3)c2n1. The molecule has 4 N–H and O–H groups in total. The van der Waals surface area contributed by atoms with Crippen LogP contribution in [0.1, 0.15) is 6.42 Å². The van der Waals surface area contributed by atoms with Crippen molar-refractivity contribution in [3.05, 3.63) is 48.8 Å². The largest absolute Gasteiger partial charge is 0.370 e. The van der Waals surface area contributed by atoms with E-state index in [0.717, 1.165) is 35.5 Å². The quantitative estimate of drug-likeness (QED) is 0.605. The minimum atomic E-state index is 0.657. The predicted molar refractivity (Wildman–Crippen MR) is 89.2 cm³/mol. The van der Waals surface area contributed by atoms with Gasteiger partial charge >= 0.3 is 0 Å². The topological polar surface area (TPSA) is 88.8 Å². The number of nitrogens with zero attached hydrogens (tertiary/aromatic N) is 3. The number of para-hydroxylation sites is 1. The molecule has 0 aliphatic carbocycles. The molecule has 0 unspecified atom stereocenters. The molecule has 22 heavy (non-hydrogen) atoms. The number of hydrogen-bond donors (Lipinski definition) is 3. The van der Waals surface area contributed by atoms with E-state index in [2.05, 4.69) is 25.6 Å². The fourth-order valence-corrected chi connectivity index (χ4v) is 2.11. The summed E-state index contributed by atoms with van der Waals surface area (Å²) in [5.74, 6) is 1.49. The first kappa shape index (κ1) is 14.2. The van der Waals surface area contributed by atoms with Gasteiger partial charge < -0.3 is 16.4 Å². The molecule has 0 amide bonds. The van der Waals surface area contributed by atoms with Gasteiger partial charge in [-0.25, -0.2) is 15.0 Å². The standard InChI is InChI=1S/C16H18N6/c17-9-4-10-18-14-8-7-13-15(22-14)16(20-11-19-13)21-12-5-2-1-3-6-12/h1-3,5-8,11H,4,9-10,17H2,(H,18,22)(H,19,20,21). The molecule has 0 spiro atoms. The van der Waals surface area contributed by atoms with Crippen molar-refractivity contribution in [2.24, 2.45) is 5.73 Å². The van der Waals surface area contributed by atoms with E-state index in [-0.39, 0.29) is 0 Å². The Morgan fingerprint density at radius 1 is 1.00 bits per heavy atom. The zero-order valence-electron chi connectivity index (χ0n) is 12.2. The molecule has 0 atom stereocenters. The Morgan fingerprint density at radius 3 is 2.68 bits per heavy atom. The third kappa shape index (κ3) is 3.29. The Hall–Kier alpha value is -2.73. The van der Waals surface area contributed by atoms with Gasteiger partial charge in [0.25, 0.3) is 0 Å². The third-order valence-electron chi connectivity index (χ3n) is 3.21. The van der Waals surface area contributed by atoms with Crippen molar-refractivity contribution in [2.75, 3.05) is 23.7 Å². The monoisotopic (exact) mass is 294 g/mol. The van der Waals surface area contributed by atoms with Crippen LogP contribution < -0.4 is 16.4 Å². The van der Waals surface area contributed by atoms with Crippen LogP contribution in [0.2, 0.25) is 0 Å². The molecule has 2 heterocycles. The van der Waals surface area contributed by atoms with Crippen LogP contribution in [0, 0.1) is 0 Å². The lowest BCUT2D eigenvalue weighted by atomic mass is 10.3. The van der Waals surface area contributed by atoms with Gasteiger partial charge in [0.1, 0.15) is 17.7 Å². The summed E-state index contributed by atoms with van der Waals surface area (Å²) in [6, 6.07) is 13.7. The maximum absolute atomic E-state index is 5.50. The first-order valence-corrected chi connectivity index (χ1v) is 7.24. The van der Waals surface area contributed by atoms with Gasteiger partial charge in [-0.05, 0) is 37.2 Å². The third-order valence-corrected chi connectivity index (χ3v) is 3.21. The number of anilines is 3. The van der Waals surface area contributed by atoms with E-state index < -0.39 is 0 Å². The Kier molecular flexibility index (Phi) is 4.41. The lowest BCUT2D eigenvalue weighted by molar-refractivity contribution is 0.871. The molecule has 2 aromatic heterocycles. The van der Waals surface area contributed by atoms with Gasteiger partial charge in [-0.1, -0.05) is 18.2 Å². The van der Waals surface area contributed by atoms with Crippen molar-refractivity contribution >= 4 is 28.4 Å². The zero-order valence-corrected chi connectivity index (χ0v) is 12.2. The van der Waals surface area contributed by atoms with Crippen molar-refractivity contribution < 1.29 is 0 Å². The molecule has 0 radical (unpaired) electrons. The highest BCUT2D eigenvalue weighted by atomic mass is 15.1. The Balaban J connectivity index is 1.90. The average Bonchev–Trinajstić information content (AvgIpc) is 2.57. The van der Waals surface area contributed by atoms with Crippen LogP contribution in [-0.4, -0.2) is 28.0 Å². The van der Waals surface area contributed by atoms with E-state index in [1.54, 1.807) is 0 Å². The lowest BCUT2D eigenvalue weighted by Crippen LogP contribution is -2.09. The van der Waals surface area contributed by atoms with E-state index in [4.69, 9.17) is 5.73 Å². The molecule has 112 valence electrons. The minimum absolute atomic E-state index is 0.657. The zero-order chi connectivity index (χ0) is 15.2. The Morgan fingerprint density at radius 2 is 1.86 bits per heavy atom. The highest BCUT2D eigenvalue weighted by Crippen LogP contribution is 2.22. The number of pyridine rings is 1. The van der Waals surface area contributed by atoms with Gasteiger partial charge in [0.05, 0.1) is 5.52 Å². The van der Waals surface area contributed by atoms with Gasteiger partial charge in [0, 0.05) is 12.2 Å². The van der Waals surface area contributed by atoms with Gasteiger partial charge in [-0.3, -0.25) is 0 Å². The molecule has 6 nitrogen and oxygen atoms in total. The molecule has 0 aliphatic rings. The van der Waals surface area contributed by atoms with E-state index in [0.29, 0.717) is 12.4 Å². The number of benzene rings is 1. The maximum atomic E-state index is 5.50. The number of nitrogens with two attached hydrogens (primary N) is 1. The summed E-state index contributed by atoms with van der Waals surface area (Å²) in [5.41, 5.74) is 8.01. The second-order valence-electron chi connectivity index (χ2n) is 4.85. The summed E-state index contributed by atoms with van der Waals surface area (Å²) in [6.45, 7) is 1.45. The summed E-state index contributed by atoms with van der Waals surface area (Å²) >= 11 is 0. The maximum Gasteiger partial charge on any atom is 0.160 e. The fraction of sp³-hybridized carbons (Fsp3) is 0.188. The minimum Gasteiger partial charge on any atom is -0.370 e. The van der Waals surface area contributed by atoms with Gasteiger partial charge in [0.2, 0.25) is 0 Å². The normalized spacial score (nSPS) is 10.6. The molecule has 3 rings (SSSR count). The highest BCUT2D eigenvalue weighted by Gasteiger charge is 2.06. The second kappa shape index (κ2) is 6.82. The molecule has 1 aromatic carbocycles. The molecule has 0 fully saturated rings. The number of nitrogens with one attached hydrogen (secondary N) is 2. The molecular weight excluding hydrogens is 276 g/mol. The van der Waals surface area contributed by atoms with E-state index >= 15 is 0 Å². The molecule has 0 bridgehead atoms. The van der Waals surface area contributed by atoms with Gasteiger partial charge in [-0.15, -0.1) is 0 Å². The van der Waals surface area contributed by atoms with Crippen LogP contribution in [0.25, 0.3) is 11.0 Å². The summed E-state index contributed by atoms with van der Waals surface area (Å²) < 4.78 is 0. The highest BCUT2D eigenvalue weighted by molar-refractivity contribution is 5.87. The fourth-order valence-electron chi connectivity index (χ4n) is 2.11. The second-order valence-corrected chi connectivity index (χ2v) is 4.85. The molecule has 3 aromatic rings. The average molecular weight is 294 g/mol. The molecule has 0 saturated carbocycles. The van der Waals surface area contributed by atoms with Crippen molar-refractivity contribution in [1.29, 1.82) is 0 Å². The Labute approximate surface area is 128 Å². The molecule has 6 heteroatoms. The number of hydrogen-bond acceptors (Lipinski definition) is 6. The lowest BCUT2D eigenvalue weighted by Gasteiger charge is -2.09. The van der Waals surface area contributed by atoms with Crippen molar-refractivity contribution in [1.82, 2.24) is 15.0 Å². The number of rotatable bonds is 6. The van der Waals surface area contributed by atoms with E-state index in [1.807, 2.05) is 42.5 Å². The molecular formula is C16H18N6. The van der Waals surface area contributed by atoms with Crippen LogP contribution >= 0.6 is 0 Å². The van der Waals surface area contributed by atoms with Crippen LogP contribution in [-0.2, 0) is 0 Å². The molecule has 0 saturated heterocycles. The van der Waals surface area contributed by atoms with E-state index in [9.17, 15) is 0 Å². The summed E-state index contributed by atoms with van der Waals surface area (Å²) in [7, 11) is 0. The van der Waals surface area contributed by atoms with E-state index in [1.165, 1.54) is 6.33 Å². The molecule has 0 aliphatic heterocycles. The first-order valence-electron chi connectivity index (χ1n) is 7.24. The number of aromatic nitrogens is 3. The first-order chi connectivity index (χ1) is 10.9. The van der Waals surface area contributed by atoms with Crippen molar-refractivity contribution in [2.45, 2.75) is 6.42 Å². The predicted octanol–water partition coefficient (Wildman–Crippen LogP) is 2.53. The summed E-state index contributed by atoms with van der Waals surface area (Å²) in [6.07, 6.45) is 2.44. The number of fused-ring (bicyclic) bond motifs is 1.